The summed E-state index contributed by atoms with van der Waals surface area (Å²) in [5.74, 6) is 0.575. The Kier molecular flexibility index (Phi) is 8.41. The van der Waals surface area contributed by atoms with Crippen LogP contribution >= 0.6 is 0 Å². The molecule has 3 N–H and O–H groups in total. The van der Waals surface area contributed by atoms with Crippen LogP contribution in [-0.4, -0.2) is 72.5 Å². The molecule has 44 heavy (non-hydrogen) atoms. The zero-order valence-electron chi connectivity index (χ0n) is 25.2. The summed E-state index contributed by atoms with van der Waals surface area (Å²) in [6.07, 6.45) is 3.07. The first-order valence-corrected chi connectivity index (χ1v) is 14.8. The van der Waals surface area contributed by atoms with Crippen LogP contribution in [0.4, 0.5) is 4.39 Å². The van der Waals surface area contributed by atoms with E-state index in [-0.39, 0.29) is 18.3 Å². The van der Waals surface area contributed by atoms with Crippen molar-refractivity contribution >= 4 is 16.8 Å². The van der Waals surface area contributed by atoms with Crippen LogP contribution in [0, 0.1) is 5.82 Å². The van der Waals surface area contributed by atoms with Gasteiger partial charge in [0.15, 0.2) is 11.5 Å². The van der Waals surface area contributed by atoms with Gasteiger partial charge in [0.1, 0.15) is 12.4 Å². The number of methoxy groups -OCH3 is 1. The number of aryl methyl sites for hydroxylation is 1. The predicted octanol–water partition coefficient (Wildman–Crippen LogP) is 5.28. The molecule has 0 bridgehead atoms. The zero-order chi connectivity index (χ0) is 30.8. The van der Waals surface area contributed by atoms with Gasteiger partial charge in [-0.25, -0.2) is 4.39 Å². The normalized spacial score (nSPS) is 13.0. The number of aromatic nitrogens is 2. The Morgan fingerprint density at radius 3 is 2.73 bits per heavy atom. The Morgan fingerprint density at radius 1 is 1.11 bits per heavy atom. The lowest BCUT2D eigenvalue weighted by molar-refractivity contribution is 0.0917. The van der Waals surface area contributed by atoms with Gasteiger partial charge in [-0.1, -0.05) is 30.3 Å². The molecule has 9 heteroatoms. The number of aliphatic hydroxyl groups excluding tert-OH is 1. The molecule has 1 atom stereocenters. The third kappa shape index (κ3) is 5.80. The SMILES string of the molecule is COc1cc2c(cc1OCCN(C)C)-c1cc(C(=O)N[C@@H](CO)Cc3c[nH]c4ccccc34)c(-c3cccc(F)c3)n1CC2. The largest absolute Gasteiger partial charge is 0.493 e. The van der Waals surface area contributed by atoms with Gasteiger partial charge in [-0.05, 0) is 74.5 Å². The molecule has 0 unspecified atom stereocenters. The summed E-state index contributed by atoms with van der Waals surface area (Å²) in [5.41, 5.74) is 6.53. The second-order valence-corrected chi connectivity index (χ2v) is 11.4. The molecule has 3 aromatic carbocycles. The molecule has 0 saturated carbocycles. The summed E-state index contributed by atoms with van der Waals surface area (Å²) >= 11 is 0. The van der Waals surface area contributed by atoms with E-state index in [9.17, 15) is 14.3 Å². The average molecular weight is 597 g/mol. The number of amides is 1. The Bertz CT molecular complexity index is 1810. The first-order chi connectivity index (χ1) is 21.4. The van der Waals surface area contributed by atoms with Crippen LogP contribution in [0.15, 0.2) is 72.9 Å². The van der Waals surface area contributed by atoms with Gasteiger partial charge in [0, 0.05) is 47.0 Å². The van der Waals surface area contributed by atoms with Crippen molar-refractivity contribution in [2.24, 2.45) is 0 Å². The Hall–Kier alpha value is -4.60. The molecule has 3 heterocycles. The number of rotatable bonds is 11. The van der Waals surface area contributed by atoms with E-state index < -0.39 is 6.04 Å². The molecule has 0 fully saturated rings. The molecule has 5 aromatic rings. The fourth-order valence-electron chi connectivity index (χ4n) is 6.00. The molecule has 2 aromatic heterocycles. The molecule has 0 aliphatic carbocycles. The first-order valence-electron chi connectivity index (χ1n) is 14.8. The van der Waals surface area contributed by atoms with E-state index in [1.165, 1.54) is 12.1 Å². The van der Waals surface area contributed by atoms with Crippen molar-refractivity contribution in [1.29, 1.82) is 0 Å². The quantitative estimate of drug-likeness (QED) is 0.193. The number of hydrogen-bond donors (Lipinski definition) is 3. The van der Waals surface area contributed by atoms with Crippen LogP contribution in [-0.2, 0) is 19.4 Å². The third-order valence-electron chi connectivity index (χ3n) is 8.20. The number of ether oxygens (including phenoxy) is 2. The number of hydrogen-bond acceptors (Lipinski definition) is 5. The van der Waals surface area contributed by atoms with Crippen LogP contribution in [0.1, 0.15) is 21.5 Å². The lowest BCUT2D eigenvalue weighted by Gasteiger charge is -2.24. The van der Waals surface area contributed by atoms with E-state index in [1.807, 2.05) is 73.7 Å². The van der Waals surface area contributed by atoms with Crippen LogP contribution in [0.3, 0.4) is 0 Å². The van der Waals surface area contributed by atoms with E-state index in [2.05, 4.69) is 14.9 Å². The van der Waals surface area contributed by atoms with E-state index in [0.29, 0.717) is 54.3 Å². The molecule has 0 spiro atoms. The number of likely N-dealkylation sites (N-methyl/N-ethyl adjacent to an activating group) is 1. The Labute approximate surface area is 256 Å². The maximum Gasteiger partial charge on any atom is 0.253 e. The third-order valence-corrected chi connectivity index (χ3v) is 8.20. The van der Waals surface area contributed by atoms with Gasteiger partial charge in [-0.3, -0.25) is 4.79 Å². The molecule has 1 amide bonds. The number of fused-ring (bicyclic) bond motifs is 4. The second-order valence-electron chi connectivity index (χ2n) is 11.4. The number of carbonyl (C=O) groups excluding carboxylic acids is 1. The maximum atomic E-state index is 14.5. The number of aromatic amines is 1. The van der Waals surface area contributed by atoms with Crippen molar-refractivity contribution in [3.8, 4) is 34.0 Å². The molecule has 228 valence electrons. The van der Waals surface area contributed by atoms with Crippen molar-refractivity contribution < 1.29 is 23.8 Å². The van der Waals surface area contributed by atoms with Crippen LogP contribution < -0.4 is 14.8 Å². The molecule has 1 aliphatic heterocycles. The highest BCUT2D eigenvalue weighted by Crippen LogP contribution is 2.42. The smallest absolute Gasteiger partial charge is 0.253 e. The van der Waals surface area contributed by atoms with Crippen molar-refractivity contribution in [1.82, 2.24) is 19.8 Å². The molecule has 1 aliphatic rings. The minimum Gasteiger partial charge on any atom is -0.493 e. The minimum atomic E-state index is -0.521. The van der Waals surface area contributed by atoms with Gasteiger partial charge >= 0.3 is 0 Å². The van der Waals surface area contributed by atoms with Crippen molar-refractivity contribution in [2.75, 3.05) is 41.0 Å². The summed E-state index contributed by atoms with van der Waals surface area (Å²) in [6, 6.07) is 19.6. The predicted molar refractivity (Wildman–Crippen MR) is 170 cm³/mol. The average Bonchev–Trinajstić information content (AvgIpc) is 3.62. The summed E-state index contributed by atoms with van der Waals surface area (Å²) in [6.45, 7) is 1.61. The van der Waals surface area contributed by atoms with E-state index in [4.69, 9.17) is 9.47 Å². The number of H-pyrrole nitrogens is 1. The number of halogens is 1. The summed E-state index contributed by atoms with van der Waals surface area (Å²) in [4.78, 5) is 19.3. The Balaban J connectivity index is 1.38. The first kappa shape index (κ1) is 29.5. The minimum absolute atomic E-state index is 0.232. The highest BCUT2D eigenvalue weighted by Gasteiger charge is 2.29. The molecule has 6 rings (SSSR count). The number of carbonyl (C=O) groups is 1. The molecule has 0 saturated heterocycles. The van der Waals surface area contributed by atoms with Crippen LogP contribution in [0.25, 0.3) is 33.4 Å². The summed E-state index contributed by atoms with van der Waals surface area (Å²) in [5, 5.41) is 14.4. The standard InChI is InChI=1S/C35H37FN4O4/c1-39(2)13-14-44-33-19-28-22(17-32(33)43-3)11-12-40-31(28)18-29(34(40)23-7-6-8-25(36)15-23)35(42)38-26(21-41)16-24-20-37-30-10-5-4-9-27(24)30/h4-10,15,17-20,26,37,41H,11-14,16,21H2,1-3H3,(H,38,42)/t26-/m1/s1. The topological polar surface area (TPSA) is 91.8 Å². The number of para-hydroxylation sites is 1. The van der Waals surface area contributed by atoms with Gasteiger partial charge in [0.2, 0.25) is 0 Å². The van der Waals surface area contributed by atoms with Crippen LogP contribution in [0.5, 0.6) is 11.5 Å². The summed E-state index contributed by atoms with van der Waals surface area (Å²) < 4.78 is 28.4. The van der Waals surface area contributed by atoms with Gasteiger partial charge < -0.3 is 34.3 Å². The molecule has 0 radical (unpaired) electrons. The van der Waals surface area contributed by atoms with E-state index >= 15 is 0 Å². The van der Waals surface area contributed by atoms with Gasteiger partial charge in [-0.2, -0.15) is 0 Å². The lowest BCUT2D eigenvalue weighted by atomic mass is 9.97. The van der Waals surface area contributed by atoms with Crippen molar-refractivity contribution in [3.05, 3.63) is 95.4 Å². The maximum absolute atomic E-state index is 14.5. The molecule has 8 nitrogen and oxygen atoms in total. The lowest BCUT2D eigenvalue weighted by Crippen LogP contribution is -2.39. The monoisotopic (exact) mass is 596 g/mol. The molecular weight excluding hydrogens is 559 g/mol. The van der Waals surface area contributed by atoms with Gasteiger partial charge in [0.05, 0.1) is 31.0 Å². The van der Waals surface area contributed by atoms with E-state index in [1.54, 1.807) is 13.2 Å². The highest BCUT2D eigenvalue weighted by atomic mass is 19.1. The fraction of sp³-hybridized carbons (Fsp3) is 0.286. The van der Waals surface area contributed by atoms with Gasteiger partial charge in [0.25, 0.3) is 5.91 Å². The number of nitrogens with one attached hydrogen (secondary N) is 2. The number of benzene rings is 3. The van der Waals surface area contributed by atoms with Crippen LogP contribution in [0.2, 0.25) is 0 Å². The Morgan fingerprint density at radius 2 is 1.95 bits per heavy atom. The van der Waals surface area contributed by atoms with Crippen molar-refractivity contribution in [3.63, 3.8) is 0 Å². The fourth-order valence-corrected chi connectivity index (χ4v) is 6.00. The highest BCUT2D eigenvalue weighted by molar-refractivity contribution is 6.02. The number of nitrogens with zero attached hydrogens (tertiary/aromatic N) is 2. The molecular formula is C35H37FN4O4. The van der Waals surface area contributed by atoms with E-state index in [0.717, 1.165) is 39.8 Å². The zero-order valence-corrected chi connectivity index (χ0v) is 25.2. The van der Waals surface area contributed by atoms with Crippen molar-refractivity contribution in [2.45, 2.75) is 25.4 Å². The van der Waals surface area contributed by atoms with Gasteiger partial charge in [-0.15, -0.1) is 0 Å². The summed E-state index contributed by atoms with van der Waals surface area (Å²) in [7, 11) is 5.61. The number of aliphatic hydroxyl groups is 1. The second kappa shape index (κ2) is 12.6.